The van der Waals surface area contributed by atoms with E-state index >= 15 is 0 Å². The van der Waals surface area contributed by atoms with Gasteiger partial charge >= 0.3 is 0 Å². The van der Waals surface area contributed by atoms with Crippen LogP contribution in [0.25, 0.3) is 0 Å². The van der Waals surface area contributed by atoms with Gasteiger partial charge in [-0.25, -0.2) is 18.1 Å². The van der Waals surface area contributed by atoms with E-state index in [1.54, 1.807) is 16.9 Å². The summed E-state index contributed by atoms with van der Waals surface area (Å²) in [5.74, 6) is 0.610. The Morgan fingerprint density at radius 2 is 2.11 bits per heavy atom. The number of aromatic nitrogens is 3. The largest absolute Gasteiger partial charge is 0.366 e. The van der Waals surface area contributed by atoms with Crippen molar-refractivity contribution < 1.29 is 8.42 Å². The van der Waals surface area contributed by atoms with Crippen LogP contribution in [-0.2, 0) is 23.6 Å². The Bertz CT molecular complexity index is 648. The minimum atomic E-state index is -3.43. The lowest BCUT2D eigenvalue weighted by Gasteiger charge is -2.05. The molecule has 2 aromatic heterocycles. The fraction of sp³-hybridized carbons (Fsp3) is 0.273. The summed E-state index contributed by atoms with van der Waals surface area (Å²) in [5.41, 5.74) is 1.02. The number of anilines is 1. The van der Waals surface area contributed by atoms with Crippen LogP contribution < -0.4 is 10.0 Å². The van der Waals surface area contributed by atoms with Crippen molar-refractivity contribution in [2.45, 2.75) is 11.4 Å². The summed E-state index contributed by atoms with van der Waals surface area (Å²) in [7, 11) is -0.221. The molecule has 2 aromatic rings. The van der Waals surface area contributed by atoms with E-state index in [0.29, 0.717) is 12.4 Å². The maximum atomic E-state index is 11.5. The van der Waals surface area contributed by atoms with Crippen LogP contribution in [0.1, 0.15) is 5.56 Å². The lowest BCUT2D eigenvalue weighted by molar-refractivity contribution is 0.588. The van der Waals surface area contributed by atoms with E-state index in [0.717, 1.165) is 5.56 Å². The number of sulfonamides is 1. The third kappa shape index (κ3) is 3.30. The molecule has 102 valence electrons. The average Bonchev–Trinajstić information content (AvgIpc) is 2.83. The monoisotopic (exact) mass is 281 g/mol. The van der Waals surface area contributed by atoms with Gasteiger partial charge in [0.05, 0.1) is 6.20 Å². The molecule has 7 nitrogen and oxygen atoms in total. The molecule has 0 amide bonds. The molecule has 0 unspecified atom stereocenters. The molecule has 0 saturated carbocycles. The summed E-state index contributed by atoms with van der Waals surface area (Å²) in [6.07, 6.45) is 4.97. The second-order valence-corrected chi connectivity index (χ2v) is 5.85. The fourth-order valence-corrected chi connectivity index (χ4v) is 2.19. The van der Waals surface area contributed by atoms with Gasteiger partial charge in [-0.15, -0.1) is 0 Å². The zero-order chi connectivity index (χ0) is 13.9. The number of pyridine rings is 1. The highest BCUT2D eigenvalue weighted by Gasteiger charge is 2.11. The van der Waals surface area contributed by atoms with Gasteiger partial charge in [0.1, 0.15) is 10.7 Å². The summed E-state index contributed by atoms with van der Waals surface area (Å²) in [6.45, 7) is 0.582. The Kier molecular flexibility index (Phi) is 3.82. The van der Waals surface area contributed by atoms with Gasteiger partial charge in [-0.05, 0) is 19.2 Å². The number of aryl methyl sites for hydroxylation is 1. The van der Waals surface area contributed by atoms with Crippen LogP contribution in [0, 0.1) is 0 Å². The molecule has 0 atom stereocenters. The molecule has 8 heteroatoms. The van der Waals surface area contributed by atoms with Crippen LogP contribution in [0.5, 0.6) is 0 Å². The Hall–Kier alpha value is -1.93. The Balaban J connectivity index is 2.03. The van der Waals surface area contributed by atoms with Crippen molar-refractivity contribution in [2.75, 3.05) is 12.4 Å². The first-order valence-electron chi connectivity index (χ1n) is 5.62. The standard InChI is InChI=1S/C11H15N5O2S/c1-12-19(17,18)10-3-4-11(14-7-10)13-5-9-6-15-16(2)8-9/h3-4,6-8,12H,5H2,1-2H3,(H,13,14). The summed E-state index contributed by atoms with van der Waals surface area (Å²) in [6, 6.07) is 3.13. The van der Waals surface area contributed by atoms with E-state index in [4.69, 9.17) is 0 Å². The summed E-state index contributed by atoms with van der Waals surface area (Å²) in [4.78, 5) is 4.20. The summed E-state index contributed by atoms with van der Waals surface area (Å²) < 4.78 is 27.0. The highest BCUT2D eigenvalue weighted by atomic mass is 32.2. The van der Waals surface area contributed by atoms with E-state index in [1.165, 1.54) is 19.3 Å². The van der Waals surface area contributed by atoms with Gasteiger partial charge < -0.3 is 5.32 Å². The van der Waals surface area contributed by atoms with Gasteiger partial charge in [0.15, 0.2) is 0 Å². The van der Waals surface area contributed by atoms with Crippen LogP contribution in [0.2, 0.25) is 0 Å². The summed E-state index contributed by atoms with van der Waals surface area (Å²) in [5, 5.41) is 7.15. The maximum absolute atomic E-state index is 11.5. The predicted octanol–water partition coefficient (Wildman–Crippen LogP) is 0.335. The number of rotatable bonds is 5. The molecule has 0 bridgehead atoms. The highest BCUT2D eigenvalue weighted by Crippen LogP contribution is 2.11. The smallest absolute Gasteiger partial charge is 0.241 e. The molecule has 0 spiro atoms. The normalized spacial score (nSPS) is 11.5. The average molecular weight is 281 g/mol. The first-order chi connectivity index (χ1) is 9.01. The van der Waals surface area contributed by atoms with E-state index in [-0.39, 0.29) is 4.90 Å². The van der Waals surface area contributed by atoms with E-state index in [9.17, 15) is 8.42 Å². The van der Waals surface area contributed by atoms with Crippen LogP contribution in [0.15, 0.2) is 35.6 Å². The first kappa shape index (κ1) is 13.5. The Morgan fingerprint density at radius 1 is 1.32 bits per heavy atom. The molecule has 2 heterocycles. The molecule has 0 aliphatic carbocycles. The molecule has 0 saturated heterocycles. The van der Waals surface area contributed by atoms with Gasteiger partial charge in [-0.3, -0.25) is 4.68 Å². The molecule has 0 aromatic carbocycles. The number of nitrogens with zero attached hydrogens (tertiary/aromatic N) is 3. The van der Waals surface area contributed by atoms with E-state index < -0.39 is 10.0 Å². The van der Waals surface area contributed by atoms with Crippen molar-refractivity contribution in [3.8, 4) is 0 Å². The molecule has 2 rings (SSSR count). The molecule has 0 radical (unpaired) electrons. The molecule has 0 fully saturated rings. The van der Waals surface area contributed by atoms with Crippen molar-refractivity contribution >= 4 is 15.8 Å². The molecular formula is C11H15N5O2S. The van der Waals surface area contributed by atoms with Gasteiger partial charge in [0.25, 0.3) is 0 Å². The lowest BCUT2D eigenvalue weighted by Crippen LogP contribution is -2.18. The molecule has 19 heavy (non-hydrogen) atoms. The third-order valence-electron chi connectivity index (χ3n) is 2.55. The lowest BCUT2D eigenvalue weighted by atomic mass is 10.3. The quantitative estimate of drug-likeness (QED) is 0.824. The van der Waals surface area contributed by atoms with Gasteiger partial charge in [0, 0.05) is 31.5 Å². The Morgan fingerprint density at radius 3 is 2.63 bits per heavy atom. The summed E-state index contributed by atoms with van der Waals surface area (Å²) >= 11 is 0. The molecule has 2 N–H and O–H groups in total. The highest BCUT2D eigenvalue weighted by molar-refractivity contribution is 7.89. The number of hydrogen-bond donors (Lipinski definition) is 2. The molecule has 0 aliphatic rings. The van der Waals surface area contributed by atoms with Crippen molar-refractivity contribution in [1.29, 1.82) is 0 Å². The minimum absolute atomic E-state index is 0.141. The third-order valence-corrected chi connectivity index (χ3v) is 3.95. The van der Waals surface area contributed by atoms with Crippen molar-refractivity contribution in [2.24, 2.45) is 7.05 Å². The van der Waals surface area contributed by atoms with Crippen molar-refractivity contribution in [3.05, 3.63) is 36.3 Å². The maximum Gasteiger partial charge on any atom is 0.241 e. The van der Waals surface area contributed by atoms with Crippen molar-refractivity contribution in [1.82, 2.24) is 19.5 Å². The first-order valence-corrected chi connectivity index (χ1v) is 7.10. The second-order valence-electron chi connectivity index (χ2n) is 3.96. The minimum Gasteiger partial charge on any atom is -0.366 e. The molecular weight excluding hydrogens is 266 g/mol. The fourth-order valence-electron chi connectivity index (χ4n) is 1.52. The predicted molar refractivity (Wildman–Crippen MR) is 71.0 cm³/mol. The topological polar surface area (TPSA) is 88.9 Å². The van der Waals surface area contributed by atoms with Crippen LogP contribution in [0.4, 0.5) is 5.82 Å². The zero-order valence-electron chi connectivity index (χ0n) is 10.7. The van der Waals surface area contributed by atoms with Crippen molar-refractivity contribution in [3.63, 3.8) is 0 Å². The van der Waals surface area contributed by atoms with Crippen LogP contribution in [-0.4, -0.2) is 30.2 Å². The molecule has 0 aliphatic heterocycles. The van der Waals surface area contributed by atoms with Gasteiger partial charge in [-0.2, -0.15) is 5.10 Å². The zero-order valence-corrected chi connectivity index (χ0v) is 11.5. The second kappa shape index (κ2) is 5.37. The SMILES string of the molecule is CNS(=O)(=O)c1ccc(NCc2cnn(C)c2)nc1. The van der Waals surface area contributed by atoms with Crippen LogP contribution in [0.3, 0.4) is 0 Å². The van der Waals surface area contributed by atoms with E-state index in [1.807, 2.05) is 13.2 Å². The number of nitrogens with one attached hydrogen (secondary N) is 2. The van der Waals surface area contributed by atoms with Crippen LogP contribution >= 0.6 is 0 Å². The van der Waals surface area contributed by atoms with Gasteiger partial charge in [-0.1, -0.05) is 0 Å². The Labute approximate surface area is 111 Å². The van der Waals surface area contributed by atoms with E-state index in [2.05, 4.69) is 20.1 Å². The number of hydrogen-bond acceptors (Lipinski definition) is 5. The van der Waals surface area contributed by atoms with Gasteiger partial charge in [0.2, 0.25) is 10.0 Å².